The number of anilines is 1. The normalized spacial score (nSPS) is 24.1. The summed E-state index contributed by atoms with van der Waals surface area (Å²) in [5, 5.41) is 0. The van der Waals surface area contributed by atoms with Crippen molar-refractivity contribution in [3.63, 3.8) is 0 Å². The Kier molecular flexibility index (Phi) is 2.97. The van der Waals surface area contributed by atoms with E-state index in [0.29, 0.717) is 0 Å². The topological polar surface area (TPSA) is 71.5 Å². The first-order valence-electron chi connectivity index (χ1n) is 5.49. The van der Waals surface area contributed by atoms with Crippen LogP contribution in [0, 0.1) is 5.82 Å². The maximum Gasteiger partial charge on any atom is 0.255 e. The molecule has 1 aromatic carbocycles. The number of amides is 2. The second-order valence-electron chi connectivity index (χ2n) is 4.69. The highest BCUT2D eigenvalue weighted by Crippen LogP contribution is 2.34. The van der Waals surface area contributed by atoms with Gasteiger partial charge in [-0.1, -0.05) is 0 Å². The maximum atomic E-state index is 12.8. The number of carbonyl (C=O) groups is 2. The van der Waals surface area contributed by atoms with Gasteiger partial charge < -0.3 is 0 Å². The molecular weight excluding hydrogens is 273 g/mol. The monoisotopic (exact) mass is 285 g/mol. The minimum Gasteiger partial charge on any atom is -0.274 e. The fourth-order valence-corrected chi connectivity index (χ4v) is 2.73. The van der Waals surface area contributed by atoms with Crippen molar-refractivity contribution in [2.24, 2.45) is 0 Å². The molecule has 0 aromatic heterocycles. The minimum atomic E-state index is -3.72. The van der Waals surface area contributed by atoms with E-state index >= 15 is 0 Å². The lowest BCUT2D eigenvalue weighted by Gasteiger charge is -2.20. The van der Waals surface area contributed by atoms with Gasteiger partial charge in [-0.25, -0.2) is 17.7 Å². The van der Waals surface area contributed by atoms with E-state index in [2.05, 4.69) is 0 Å². The molecule has 19 heavy (non-hydrogen) atoms. The lowest BCUT2D eigenvalue weighted by molar-refractivity contribution is -0.121. The first kappa shape index (κ1) is 13.7. The van der Waals surface area contributed by atoms with Gasteiger partial charge in [-0.05, 0) is 31.2 Å². The molecule has 1 heterocycles. The molecule has 0 saturated carbocycles. The second kappa shape index (κ2) is 4.12. The molecule has 0 radical (unpaired) electrons. The number of rotatable bonds is 2. The zero-order valence-corrected chi connectivity index (χ0v) is 11.2. The molecule has 0 N–H and O–H groups in total. The van der Waals surface area contributed by atoms with E-state index in [1.165, 1.54) is 19.1 Å². The van der Waals surface area contributed by atoms with Gasteiger partial charge in [-0.2, -0.15) is 0 Å². The molecule has 2 amide bonds. The molecule has 1 saturated heterocycles. The number of hydrogen-bond donors (Lipinski definition) is 0. The van der Waals surface area contributed by atoms with Crippen molar-refractivity contribution in [1.82, 2.24) is 0 Å². The molecule has 1 aliphatic heterocycles. The molecule has 1 aliphatic rings. The zero-order chi connectivity index (χ0) is 14.4. The predicted molar refractivity (Wildman–Crippen MR) is 66.8 cm³/mol. The number of halogens is 1. The van der Waals surface area contributed by atoms with Crippen LogP contribution in [0.1, 0.15) is 13.3 Å². The summed E-state index contributed by atoms with van der Waals surface area (Å²) in [7, 11) is -3.72. The van der Waals surface area contributed by atoms with Gasteiger partial charge in [0.25, 0.3) is 5.91 Å². The Morgan fingerprint density at radius 1 is 1.21 bits per heavy atom. The lowest BCUT2D eigenvalue weighted by Crippen LogP contribution is -2.43. The Labute approximate surface area is 109 Å². The fraction of sp³-hybridized carbons (Fsp3) is 0.333. The van der Waals surface area contributed by atoms with Crippen molar-refractivity contribution < 1.29 is 22.4 Å². The largest absolute Gasteiger partial charge is 0.274 e. The molecule has 7 heteroatoms. The summed E-state index contributed by atoms with van der Waals surface area (Å²) in [6, 6.07) is 4.73. The van der Waals surface area contributed by atoms with Crippen LogP contribution >= 0.6 is 0 Å². The molecule has 102 valence electrons. The Morgan fingerprint density at radius 2 is 1.74 bits per heavy atom. The quantitative estimate of drug-likeness (QED) is 0.757. The number of nitrogens with zero attached hydrogens (tertiary/aromatic N) is 1. The van der Waals surface area contributed by atoms with Crippen LogP contribution in [-0.2, 0) is 19.4 Å². The number of benzene rings is 1. The third-order valence-corrected chi connectivity index (χ3v) is 5.25. The van der Waals surface area contributed by atoms with E-state index in [4.69, 9.17) is 0 Å². The number of carbonyl (C=O) groups excluding carboxylic acids is 2. The highest BCUT2D eigenvalue weighted by Gasteiger charge is 2.55. The van der Waals surface area contributed by atoms with Crippen LogP contribution in [0.25, 0.3) is 0 Å². The molecule has 5 nitrogen and oxygen atoms in total. The van der Waals surface area contributed by atoms with Crippen LogP contribution in [0.4, 0.5) is 10.1 Å². The van der Waals surface area contributed by atoms with Gasteiger partial charge in [0.2, 0.25) is 5.91 Å². The molecule has 1 fully saturated rings. The smallest absolute Gasteiger partial charge is 0.255 e. The standard InChI is InChI=1S/C12H12FNO4S/c1-12(19(2,17)18)7-10(15)14(11(12)16)9-5-3-8(13)4-6-9/h3-6H,7H2,1-2H3. The number of hydrogen-bond acceptors (Lipinski definition) is 4. The third kappa shape index (κ3) is 2.03. The van der Waals surface area contributed by atoms with Crippen molar-refractivity contribution >= 4 is 27.3 Å². The Balaban J connectivity index is 2.48. The molecule has 0 aliphatic carbocycles. The summed E-state index contributed by atoms with van der Waals surface area (Å²) < 4.78 is 34.4. The van der Waals surface area contributed by atoms with Crippen LogP contribution in [0.5, 0.6) is 0 Å². The van der Waals surface area contributed by atoms with Gasteiger partial charge in [-0.3, -0.25) is 9.59 Å². The van der Waals surface area contributed by atoms with E-state index < -0.39 is 38.6 Å². The van der Waals surface area contributed by atoms with Crippen LogP contribution in [-0.4, -0.2) is 31.2 Å². The molecule has 1 atom stereocenters. The van der Waals surface area contributed by atoms with Gasteiger partial charge in [0, 0.05) is 6.26 Å². The van der Waals surface area contributed by atoms with Gasteiger partial charge >= 0.3 is 0 Å². The van der Waals surface area contributed by atoms with Crippen LogP contribution in [0.2, 0.25) is 0 Å². The first-order chi connectivity index (χ1) is 8.67. The summed E-state index contributed by atoms with van der Waals surface area (Å²) in [5.41, 5.74) is 0.170. The fourth-order valence-electron chi connectivity index (χ4n) is 1.93. The predicted octanol–water partition coefficient (Wildman–Crippen LogP) is 0.892. The Bertz CT molecular complexity index is 653. The van der Waals surface area contributed by atoms with E-state index in [9.17, 15) is 22.4 Å². The van der Waals surface area contributed by atoms with Crippen LogP contribution in [0.15, 0.2) is 24.3 Å². The lowest BCUT2D eigenvalue weighted by atomic mass is 10.1. The Morgan fingerprint density at radius 3 is 2.16 bits per heavy atom. The van der Waals surface area contributed by atoms with E-state index in [0.717, 1.165) is 23.3 Å². The second-order valence-corrected chi connectivity index (χ2v) is 7.14. The van der Waals surface area contributed by atoms with Gasteiger partial charge in [0.1, 0.15) is 5.82 Å². The van der Waals surface area contributed by atoms with E-state index in [-0.39, 0.29) is 5.69 Å². The highest BCUT2D eigenvalue weighted by molar-refractivity contribution is 7.93. The van der Waals surface area contributed by atoms with Crippen molar-refractivity contribution in [3.05, 3.63) is 30.1 Å². The summed E-state index contributed by atoms with van der Waals surface area (Å²) in [4.78, 5) is 24.9. The molecule has 1 aromatic rings. The van der Waals surface area contributed by atoms with Crippen molar-refractivity contribution in [2.45, 2.75) is 18.1 Å². The number of sulfone groups is 1. The van der Waals surface area contributed by atoms with E-state index in [1.54, 1.807) is 0 Å². The summed E-state index contributed by atoms with van der Waals surface area (Å²) >= 11 is 0. The highest BCUT2D eigenvalue weighted by atomic mass is 32.2. The van der Waals surface area contributed by atoms with Crippen molar-refractivity contribution in [2.75, 3.05) is 11.2 Å². The van der Waals surface area contributed by atoms with Crippen LogP contribution < -0.4 is 4.90 Å². The summed E-state index contributed by atoms with van der Waals surface area (Å²) in [6.07, 6.45) is 0.522. The average molecular weight is 285 g/mol. The summed E-state index contributed by atoms with van der Waals surface area (Å²) in [6.45, 7) is 1.23. The molecule has 1 unspecified atom stereocenters. The van der Waals surface area contributed by atoms with E-state index in [1.807, 2.05) is 0 Å². The molecular formula is C12H12FNO4S. The van der Waals surface area contributed by atoms with Crippen LogP contribution in [0.3, 0.4) is 0 Å². The van der Waals surface area contributed by atoms with Gasteiger partial charge in [-0.15, -0.1) is 0 Å². The van der Waals surface area contributed by atoms with Crippen molar-refractivity contribution in [1.29, 1.82) is 0 Å². The maximum absolute atomic E-state index is 12.8. The summed E-state index contributed by atoms with van der Waals surface area (Å²) in [5.74, 6) is -1.91. The molecule has 0 bridgehead atoms. The van der Waals surface area contributed by atoms with Gasteiger partial charge in [0.15, 0.2) is 14.6 Å². The average Bonchev–Trinajstić information content (AvgIpc) is 2.52. The minimum absolute atomic E-state index is 0.170. The third-order valence-electron chi connectivity index (χ3n) is 3.30. The molecule has 0 spiro atoms. The SMILES string of the molecule is CC1(S(C)(=O)=O)CC(=O)N(c2ccc(F)cc2)C1=O. The molecule has 2 rings (SSSR count). The van der Waals surface area contributed by atoms with Gasteiger partial charge in [0.05, 0.1) is 12.1 Å². The first-order valence-corrected chi connectivity index (χ1v) is 7.38. The van der Waals surface area contributed by atoms with Crippen molar-refractivity contribution in [3.8, 4) is 0 Å². The Hall–Kier alpha value is -1.76. The zero-order valence-electron chi connectivity index (χ0n) is 10.4. The number of imide groups is 1.